The number of hydrogen-bond acceptors (Lipinski definition) is 2. The minimum absolute atomic E-state index is 0.189. The van der Waals surface area contributed by atoms with Crippen LogP contribution in [0.3, 0.4) is 0 Å². The molecule has 33 heavy (non-hydrogen) atoms. The Morgan fingerprint density at radius 3 is 2.21 bits per heavy atom. The molecule has 0 bridgehead atoms. The molecule has 0 fully saturated rings. The van der Waals surface area contributed by atoms with Crippen molar-refractivity contribution in [2.45, 2.75) is 13.0 Å². The van der Waals surface area contributed by atoms with Crippen LogP contribution in [0.25, 0.3) is 11.1 Å². The summed E-state index contributed by atoms with van der Waals surface area (Å²) in [5, 5.41) is 6.55. The predicted octanol–water partition coefficient (Wildman–Crippen LogP) is 6.75. The SMILES string of the molecule is CC(NC(=O)c1cccc(NC(=O)c2ccccc2-c2ccccc2)c1)c1ccc(Cl)cc1. The standard InChI is InChI=1S/C28H23ClN2O2/c1-19(20-14-16-23(29)17-15-20)30-27(32)22-10-7-11-24(18-22)31-28(33)26-13-6-5-12-25(26)21-8-3-2-4-9-21/h2-19H,1H3,(H,30,32)(H,31,33). The fourth-order valence-electron chi connectivity index (χ4n) is 3.60. The number of anilines is 1. The first kappa shape index (κ1) is 22.3. The van der Waals surface area contributed by atoms with Crippen molar-refractivity contribution in [2.75, 3.05) is 5.32 Å². The van der Waals surface area contributed by atoms with Crippen LogP contribution in [0, 0.1) is 0 Å². The van der Waals surface area contributed by atoms with Gasteiger partial charge in [0.05, 0.1) is 6.04 Å². The maximum Gasteiger partial charge on any atom is 0.256 e. The minimum Gasteiger partial charge on any atom is -0.346 e. The van der Waals surface area contributed by atoms with Gasteiger partial charge in [0.2, 0.25) is 0 Å². The average molecular weight is 455 g/mol. The van der Waals surface area contributed by atoms with Crippen LogP contribution < -0.4 is 10.6 Å². The Hall–Kier alpha value is -3.89. The Bertz CT molecular complexity index is 1270. The summed E-state index contributed by atoms with van der Waals surface area (Å²) >= 11 is 5.94. The van der Waals surface area contributed by atoms with Crippen LogP contribution in [-0.4, -0.2) is 11.8 Å². The van der Waals surface area contributed by atoms with Crippen molar-refractivity contribution in [1.82, 2.24) is 5.32 Å². The topological polar surface area (TPSA) is 58.2 Å². The number of hydrogen-bond donors (Lipinski definition) is 2. The lowest BCUT2D eigenvalue weighted by Gasteiger charge is -2.15. The van der Waals surface area contributed by atoms with Gasteiger partial charge in [-0.25, -0.2) is 0 Å². The number of amides is 2. The third kappa shape index (κ3) is 5.48. The molecular formula is C28H23ClN2O2. The number of carbonyl (C=O) groups excluding carboxylic acids is 2. The van der Waals surface area contributed by atoms with Crippen molar-refractivity contribution < 1.29 is 9.59 Å². The van der Waals surface area contributed by atoms with Crippen LogP contribution in [0.4, 0.5) is 5.69 Å². The van der Waals surface area contributed by atoms with Crippen molar-refractivity contribution in [3.05, 3.63) is 125 Å². The van der Waals surface area contributed by atoms with Gasteiger partial charge in [0.25, 0.3) is 11.8 Å². The smallest absolute Gasteiger partial charge is 0.256 e. The predicted molar refractivity (Wildman–Crippen MR) is 134 cm³/mol. The largest absolute Gasteiger partial charge is 0.346 e. The second-order valence-corrected chi connectivity index (χ2v) is 8.13. The van der Waals surface area contributed by atoms with Gasteiger partial charge in [-0.1, -0.05) is 78.3 Å². The van der Waals surface area contributed by atoms with Gasteiger partial charge in [0, 0.05) is 21.8 Å². The first-order valence-corrected chi connectivity index (χ1v) is 11.0. The molecule has 4 nitrogen and oxygen atoms in total. The molecule has 2 amide bonds. The Balaban J connectivity index is 1.49. The van der Waals surface area contributed by atoms with Gasteiger partial charge >= 0.3 is 0 Å². The van der Waals surface area contributed by atoms with Crippen molar-refractivity contribution in [2.24, 2.45) is 0 Å². The summed E-state index contributed by atoms with van der Waals surface area (Å²) in [5.41, 5.74) is 4.35. The number of nitrogens with one attached hydrogen (secondary N) is 2. The molecule has 0 aliphatic heterocycles. The molecule has 4 rings (SSSR count). The molecule has 1 unspecified atom stereocenters. The second-order valence-electron chi connectivity index (χ2n) is 7.69. The van der Waals surface area contributed by atoms with Gasteiger partial charge in [-0.2, -0.15) is 0 Å². The Kier molecular flexibility index (Phi) is 6.86. The summed E-state index contributed by atoms with van der Waals surface area (Å²) in [6.45, 7) is 1.91. The molecule has 0 aliphatic rings. The van der Waals surface area contributed by atoms with Crippen LogP contribution in [0.1, 0.15) is 39.2 Å². The van der Waals surface area contributed by atoms with Crippen LogP contribution in [0.15, 0.2) is 103 Å². The normalized spacial score (nSPS) is 11.5. The van der Waals surface area contributed by atoms with Gasteiger partial charge in [-0.05, 0) is 60.0 Å². The maximum absolute atomic E-state index is 13.1. The van der Waals surface area contributed by atoms with E-state index in [1.54, 1.807) is 42.5 Å². The highest BCUT2D eigenvalue weighted by Crippen LogP contribution is 2.24. The minimum atomic E-state index is -0.235. The number of carbonyl (C=O) groups is 2. The highest BCUT2D eigenvalue weighted by atomic mass is 35.5. The van der Waals surface area contributed by atoms with Crippen molar-refractivity contribution >= 4 is 29.1 Å². The van der Waals surface area contributed by atoms with Gasteiger partial charge < -0.3 is 10.6 Å². The average Bonchev–Trinajstić information content (AvgIpc) is 2.85. The van der Waals surface area contributed by atoms with E-state index in [1.807, 2.05) is 67.6 Å². The molecule has 4 aromatic carbocycles. The monoisotopic (exact) mass is 454 g/mol. The van der Waals surface area contributed by atoms with E-state index in [2.05, 4.69) is 10.6 Å². The maximum atomic E-state index is 13.1. The molecule has 0 radical (unpaired) electrons. The van der Waals surface area contributed by atoms with E-state index in [1.165, 1.54) is 0 Å². The van der Waals surface area contributed by atoms with E-state index in [-0.39, 0.29) is 17.9 Å². The summed E-state index contributed by atoms with van der Waals surface area (Å²) in [4.78, 5) is 25.8. The molecule has 5 heteroatoms. The van der Waals surface area contributed by atoms with Crippen LogP contribution in [0.5, 0.6) is 0 Å². The van der Waals surface area contributed by atoms with Crippen LogP contribution in [0.2, 0.25) is 5.02 Å². The molecule has 0 heterocycles. The van der Waals surface area contributed by atoms with E-state index in [4.69, 9.17) is 11.6 Å². The fraction of sp³-hybridized carbons (Fsp3) is 0.0714. The van der Waals surface area contributed by atoms with Gasteiger partial charge in [0.1, 0.15) is 0 Å². The lowest BCUT2D eigenvalue weighted by atomic mass is 9.99. The van der Waals surface area contributed by atoms with Crippen molar-refractivity contribution in [1.29, 1.82) is 0 Å². The van der Waals surface area contributed by atoms with Crippen molar-refractivity contribution in [3.63, 3.8) is 0 Å². The third-order valence-corrected chi connectivity index (χ3v) is 5.61. The van der Waals surface area contributed by atoms with E-state index >= 15 is 0 Å². The summed E-state index contributed by atoms with van der Waals surface area (Å²) in [5.74, 6) is -0.459. The second kappa shape index (κ2) is 10.2. The van der Waals surface area contributed by atoms with Crippen LogP contribution >= 0.6 is 11.6 Å². The Labute approximate surface area is 198 Å². The van der Waals surface area contributed by atoms with E-state index in [9.17, 15) is 9.59 Å². The molecule has 164 valence electrons. The lowest BCUT2D eigenvalue weighted by molar-refractivity contribution is 0.0938. The Morgan fingerprint density at radius 1 is 0.758 bits per heavy atom. The molecule has 0 aromatic heterocycles. The molecule has 0 aliphatic carbocycles. The first-order valence-electron chi connectivity index (χ1n) is 10.6. The summed E-state index contributed by atoms with van der Waals surface area (Å²) in [6, 6.07) is 31.3. The number of rotatable bonds is 6. The molecule has 0 spiro atoms. The first-order chi connectivity index (χ1) is 16.0. The number of halogens is 1. The Morgan fingerprint density at radius 2 is 1.45 bits per heavy atom. The van der Waals surface area contributed by atoms with E-state index < -0.39 is 0 Å². The zero-order valence-electron chi connectivity index (χ0n) is 18.1. The number of benzene rings is 4. The summed E-state index contributed by atoms with van der Waals surface area (Å²) in [7, 11) is 0. The summed E-state index contributed by atoms with van der Waals surface area (Å²) in [6.07, 6.45) is 0. The highest BCUT2D eigenvalue weighted by Gasteiger charge is 2.15. The molecule has 1 atom stereocenters. The molecule has 4 aromatic rings. The molecule has 2 N–H and O–H groups in total. The highest BCUT2D eigenvalue weighted by molar-refractivity contribution is 6.30. The van der Waals surface area contributed by atoms with E-state index in [0.29, 0.717) is 21.8 Å². The van der Waals surface area contributed by atoms with Crippen molar-refractivity contribution in [3.8, 4) is 11.1 Å². The quantitative estimate of drug-likeness (QED) is 0.338. The fourth-order valence-corrected chi connectivity index (χ4v) is 3.73. The summed E-state index contributed by atoms with van der Waals surface area (Å²) < 4.78 is 0. The van der Waals surface area contributed by atoms with Gasteiger partial charge in [-0.3, -0.25) is 9.59 Å². The van der Waals surface area contributed by atoms with Crippen LogP contribution in [-0.2, 0) is 0 Å². The van der Waals surface area contributed by atoms with E-state index in [0.717, 1.165) is 16.7 Å². The van der Waals surface area contributed by atoms with Gasteiger partial charge in [-0.15, -0.1) is 0 Å². The zero-order valence-corrected chi connectivity index (χ0v) is 18.8. The molecule has 0 saturated carbocycles. The molecular weight excluding hydrogens is 432 g/mol. The molecule has 0 saturated heterocycles. The van der Waals surface area contributed by atoms with Gasteiger partial charge in [0.15, 0.2) is 0 Å². The lowest BCUT2D eigenvalue weighted by Crippen LogP contribution is -2.26. The zero-order chi connectivity index (χ0) is 23.2. The third-order valence-electron chi connectivity index (χ3n) is 5.36.